The molecule has 2 rings (SSSR count). The van der Waals surface area contributed by atoms with Gasteiger partial charge in [-0.05, 0) is 47.2 Å². The molecule has 2 N–H and O–H groups in total. The van der Waals surface area contributed by atoms with Crippen LogP contribution in [0, 0.1) is 8.99 Å². The Balaban J connectivity index is 2.25. The third-order valence-corrected chi connectivity index (χ3v) is 3.92. The van der Waals surface area contributed by atoms with Gasteiger partial charge in [-0.3, -0.25) is 0 Å². The number of rotatable bonds is 1. The van der Waals surface area contributed by atoms with Crippen molar-refractivity contribution in [1.82, 2.24) is 0 Å². The van der Waals surface area contributed by atoms with Gasteiger partial charge in [0.2, 0.25) is 0 Å². The van der Waals surface area contributed by atoms with Gasteiger partial charge in [-0.2, -0.15) is 0 Å². The zero-order chi connectivity index (χ0) is 10.9. The highest BCUT2D eigenvalue weighted by Gasteiger charge is 2.25. The lowest BCUT2D eigenvalue weighted by atomic mass is 9.88. The smallest absolute Gasteiger partial charge is 0.0586 e. The van der Waals surface area contributed by atoms with Crippen LogP contribution in [0.4, 0.5) is 11.4 Å². The Morgan fingerprint density at radius 1 is 1.27 bits per heavy atom. The molecule has 1 aromatic rings. The fraction of sp³-hybridized carbons (Fsp3) is 0.500. The molecule has 0 aliphatic carbocycles. The molecule has 1 aliphatic rings. The monoisotopic (exact) mass is 316 g/mol. The standard InChI is InChI=1S/C12H17IN2/c1-3-12(2)7-14-10-5-4-9(13)6-11(10)15-8-12/h4-6,14-15H,3,7-8H2,1-2H3. The van der Waals surface area contributed by atoms with Crippen LogP contribution in [0.5, 0.6) is 0 Å². The summed E-state index contributed by atoms with van der Waals surface area (Å²) in [5.41, 5.74) is 2.82. The van der Waals surface area contributed by atoms with Crippen molar-refractivity contribution in [2.75, 3.05) is 23.7 Å². The van der Waals surface area contributed by atoms with E-state index in [1.54, 1.807) is 0 Å². The summed E-state index contributed by atoms with van der Waals surface area (Å²) in [5, 5.41) is 7.07. The fourth-order valence-corrected chi connectivity index (χ4v) is 2.24. The van der Waals surface area contributed by atoms with E-state index in [1.807, 2.05) is 0 Å². The molecule has 1 aliphatic heterocycles. The highest BCUT2D eigenvalue weighted by molar-refractivity contribution is 14.1. The first kappa shape index (κ1) is 11.0. The van der Waals surface area contributed by atoms with Crippen molar-refractivity contribution in [3.05, 3.63) is 21.8 Å². The molecule has 0 saturated heterocycles. The Labute approximate surface area is 105 Å². The van der Waals surface area contributed by atoms with Gasteiger partial charge in [0.1, 0.15) is 0 Å². The average Bonchev–Trinajstić information content (AvgIpc) is 2.40. The van der Waals surface area contributed by atoms with Gasteiger partial charge in [-0.15, -0.1) is 0 Å². The van der Waals surface area contributed by atoms with Crippen molar-refractivity contribution in [2.24, 2.45) is 5.41 Å². The molecule has 1 unspecified atom stereocenters. The maximum Gasteiger partial charge on any atom is 0.0586 e. The van der Waals surface area contributed by atoms with Gasteiger partial charge in [0.05, 0.1) is 11.4 Å². The molecule has 0 saturated carbocycles. The van der Waals surface area contributed by atoms with Crippen LogP contribution in [0.1, 0.15) is 20.3 Å². The second-order valence-electron chi connectivity index (χ2n) is 4.56. The second kappa shape index (κ2) is 4.20. The molecular weight excluding hydrogens is 299 g/mol. The van der Waals surface area contributed by atoms with Crippen molar-refractivity contribution < 1.29 is 0 Å². The molecule has 2 nitrogen and oxygen atoms in total. The minimum Gasteiger partial charge on any atom is -0.383 e. The van der Waals surface area contributed by atoms with E-state index in [-0.39, 0.29) is 0 Å². The van der Waals surface area contributed by atoms with E-state index in [0.29, 0.717) is 5.41 Å². The molecule has 0 radical (unpaired) electrons. The van der Waals surface area contributed by atoms with Crippen LogP contribution in [0.2, 0.25) is 0 Å². The molecule has 1 heterocycles. The number of halogens is 1. The van der Waals surface area contributed by atoms with Gasteiger partial charge in [-0.1, -0.05) is 13.8 Å². The molecule has 0 amide bonds. The Bertz CT molecular complexity index is 365. The van der Waals surface area contributed by atoms with Crippen molar-refractivity contribution in [2.45, 2.75) is 20.3 Å². The summed E-state index contributed by atoms with van der Waals surface area (Å²) in [7, 11) is 0. The van der Waals surface area contributed by atoms with Gasteiger partial charge in [0.25, 0.3) is 0 Å². The van der Waals surface area contributed by atoms with E-state index >= 15 is 0 Å². The van der Waals surface area contributed by atoms with Crippen LogP contribution in [-0.2, 0) is 0 Å². The Morgan fingerprint density at radius 3 is 2.60 bits per heavy atom. The number of nitrogens with one attached hydrogen (secondary N) is 2. The van der Waals surface area contributed by atoms with Crippen molar-refractivity contribution >= 4 is 34.0 Å². The third-order valence-electron chi connectivity index (χ3n) is 3.25. The summed E-state index contributed by atoms with van der Waals surface area (Å²) in [4.78, 5) is 0. The predicted octanol–water partition coefficient (Wildman–Crippen LogP) is 3.54. The number of hydrogen-bond donors (Lipinski definition) is 2. The van der Waals surface area contributed by atoms with Crippen LogP contribution >= 0.6 is 22.6 Å². The number of anilines is 2. The maximum absolute atomic E-state index is 3.54. The summed E-state index contributed by atoms with van der Waals surface area (Å²) < 4.78 is 1.28. The van der Waals surface area contributed by atoms with E-state index in [2.05, 4.69) is 65.3 Å². The lowest BCUT2D eigenvalue weighted by Gasteiger charge is -2.26. The van der Waals surface area contributed by atoms with Gasteiger partial charge >= 0.3 is 0 Å². The molecule has 0 bridgehead atoms. The summed E-state index contributed by atoms with van der Waals surface area (Å²) in [6.07, 6.45) is 1.19. The van der Waals surface area contributed by atoms with Crippen LogP contribution in [0.25, 0.3) is 0 Å². The normalized spacial score (nSPS) is 24.7. The van der Waals surface area contributed by atoms with Crippen molar-refractivity contribution in [1.29, 1.82) is 0 Å². The molecule has 1 aromatic carbocycles. The van der Waals surface area contributed by atoms with Gasteiger partial charge in [0.15, 0.2) is 0 Å². The molecule has 15 heavy (non-hydrogen) atoms. The van der Waals surface area contributed by atoms with E-state index in [4.69, 9.17) is 0 Å². The average molecular weight is 316 g/mol. The van der Waals surface area contributed by atoms with E-state index < -0.39 is 0 Å². The zero-order valence-electron chi connectivity index (χ0n) is 9.23. The van der Waals surface area contributed by atoms with Gasteiger partial charge in [0, 0.05) is 22.1 Å². The first-order valence-electron chi connectivity index (χ1n) is 5.40. The highest BCUT2D eigenvalue weighted by atomic mass is 127. The van der Waals surface area contributed by atoms with Gasteiger partial charge < -0.3 is 10.6 Å². The zero-order valence-corrected chi connectivity index (χ0v) is 11.4. The van der Waals surface area contributed by atoms with Crippen molar-refractivity contribution in [3.63, 3.8) is 0 Å². The lowest BCUT2D eigenvalue weighted by molar-refractivity contribution is 0.361. The second-order valence-corrected chi connectivity index (χ2v) is 5.81. The molecule has 82 valence electrons. The molecule has 0 aromatic heterocycles. The highest BCUT2D eigenvalue weighted by Crippen LogP contribution is 2.31. The Morgan fingerprint density at radius 2 is 1.93 bits per heavy atom. The summed E-state index contributed by atoms with van der Waals surface area (Å²) in [6, 6.07) is 6.50. The molecule has 0 fully saturated rings. The lowest BCUT2D eigenvalue weighted by Crippen LogP contribution is -2.30. The number of benzene rings is 1. The molecule has 0 spiro atoms. The van der Waals surface area contributed by atoms with Gasteiger partial charge in [-0.25, -0.2) is 0 Å². The quantitative estimate of drug-likeness (QED) is 0.774. The van der Waals surface area contributed by atoms with Crippen LogP contribution in [0.3, 0.4) is 0 Å². The summed E-state index contributed by atoms with van der Waals surface area (Å²) >= 11 is 2.35. The van der Waals surface area contributed by atoms with E-state index in [9.17, 15) is 0 Å². The molecule has 1 atom stereocenters. The van der Waals surface area contributed by atoms with E-state index in [0.717, 1.165) is 13.1 Å². The first-order valence-corrected chi connectivity index (χ1v) is 6.48. The largest absolute Gasteiger partial charge is 0.383 e. The predicted molar refractivity (Wildman–Crippen MR) is 74.5 cm³/mol. The van der Waals surface area contributed by atoms with Crippen molar-refractivity contribution in [3.8, 4) is 0 Å². The SMILES string of the molecule is CCC1(C)CNc2ccc(I)cc2NC1. The third kappa shape index (κ3) is 2.38. The number of hydrogen-bond acceptors (Lipinski definition) is 2. The minimum absolute atomic E-state index is 0.352. The van der Waals surface area contributed by atoms with Crippen LogP contribution in [-0.4, -0.2) is 13.1 Å². The minimum atomic E-state index is 0.352. The number of fused-ring (bicyclic) bond motifs is 1. The van der Waals surface area contributed by atoms with Crippen LogP contribution < -0.4 is 10.6 Å². The fourth-order valence-electron chi connectivity index (χ4n) is 1.75. The Hall–Kier alpha value is -0.450. The molecular formula is C12H17IN2. The summed E-state index contributed by atoms with van der Waals surface area (Å²) in [6.45, 7) is 6.67. The van der Waals surface area contributed by atoms with Crippen LogP contribution in [0.15, 0.2) is 18.2 Å². The first-order chi connectivity index (χ1) is 7.13. The topological polar surface area (TPSA) is 24.1 Å². The Kier molecular flexibility index (Phi) is 3.09. The maximum atomic E-state index is 3.54. The molecule has 3 heteroatoms. The van der Waals surface area contributed by atoms with E-state index in [1.165, 1.54) is 21.4 Å². The summed E-state index contributed by atoms with van der Waals surface area (Å²) in [5.74, 6) is 0.